The highest BCUT2D eigenvalue weighted by molar-refractivity contribution is 5.80. The molecule has 6 heteroatoms. The summed E-state index contributed by atoms with van der Waals surface area (Å²) in [5, 5.41) is 4.04. The maximum absolute atomic E-state index is 12.9. The van der Waals surface area contributed by atoms with Crippen molar-refractivity contribution in [3.63, 3.8) is 0 Å². The van der Waals surface area contributed by atoms with Gasteiger partial charge in [0.1, 0.15) is 24.5 Å². The molecule has 5 nitrogen and oxygen atoms in total. The third-order valence-electron chi connectivity index (χ3n) is 4.55. The van der Waals surface area contributed by atoms with Crippen molar-refractivity contribution < 1.29 is 9.18 Å². The van der Waals surface area contributed by atoms with Crippen molar-refractivity contribution in [1.82, 2.24) is 19.7 Å². The summed E-state index contributed by atoms with van der Waals surface area (Å²) in [5.74, 6) is 0.443. The number of benzene rings is 1. The van der Waals surface area contributed by atoms with Gasteiger partial charge in [-0.1, -0.05) is 12.1 Å². The van der Waals surface area contributed by atoms with E-state index in [0.717, 1.165) is 37.9 Å². The maximum Gasteiger partial charge on any atom is 0.247 e. The van der Waals surface area contributed by atoms with E-state index in [1.807, 2.05) is 24.0 Å². The number of piperidine rings is 1. The Kier molecular flexibility index (Phi) is 4.69. The van der Waals surface area contributed by atoms with Crippen LogP contribution >= 0.6 is 0 Å². The minimum Gasteiger partial charge on any atom is -0.341 e. The molecule has 1 amide bonds. The van der Waals surface area contributed by atoms with Gasteiger partial charge in [-0.15, -0.1) is 0 Å². The minimum atomic E-state index is -0.314. The third kappa shape index (κ3) is 3.75. The minimum absolute atomic E-state index is 0.0933. The van der Waals surface area contributed by atoms with E-state index in [1.54, 1.807) is 11.0 Å². The van der Waals surface area contributed by atoms with E-state index in [0.29, 0.717) is 5.92 Å². The summed E-state index contributed by atoms with van der Waals surface area (Å²) >= 11 is 0. The van der Waals surface area contributed by atoms with Crippen LogP contribution in [-0.2, 0) is 11.2 Å². The molecule has 3 rings (SSSR count). The van der Waals surface area contributed by atoms with Crippen LogP contribution in [0.1, 0.15) is 31.4 Å². The summed E-state index contributed by atoms with van der Waals surface area (Å²) in [6, 6.07) is 6.40. The molecule has 1 saturated heterocycles. The van der Waals surface area contributed by atoms with Gasteiger partial charge in [0.25, 0.3) is 0 Å². The maximum atomic E-state index is 12.9. The van der Waals surface area contributed by atoms with Gasteiger partial charge in [0.05, 0.1) is 0 Å². The second-order valence-electron chi connectivity index (χ2n) is 6.15. The first-order chi connectivity index (χ1) is 11.1. The molecule has 122 valence electrons. The largest absolute Gasteiger partial charge is 0.341 e. The fourth-order valence-electron chi connectivity index (χ4n) is 3.11. The second kappa shape index (κ2) is 6.89. The summed E-state index contributed by atoms with van der Waals surface area (Å²) in [5.41, 5.74) is 1.16. The van der Waals surface area contributed by atoms with E-state index < -0.39 is 0 Å². The Labute approximate surface area is 135 Å². The Balaban J connectivity index is 1.52. The van der Waals surface area contributed by atoms with Crippen LogP contribution in [-0.4, -0.2) is 38.7 Å². The SMILES string of the molecule is CC(C(=O)N1CCC(Cc2ccc(F)cc2)CC1)n1cncn1. The zero-order valence-corrected chi connectivity index (χ0v) is 13.2. The molecule has 1 aliphatic rings. The van der Waals surface area contributed by atoms with Crippen LogP contribution in [0.15, 0.2) is 36.9 Å². The molecule has 0 N–H and O–H groups in total. The number of amides is 1. The van der Waals surface area contributed by atoms with Crippen LogP contribution in [0.4, 0.5) is 4.39 Å². The molecular weight excluding hydrogens is 295 g/mol. The Morgan fingerprint density at radius 3 is 2.61 bits per heavy atom. The molecule has 1 aromatic heterocycles. The Hall–Kier alpha value is -2.24. The average Bonchev–Trinajstić information content (AvgIpc) is 3.11. The van der Waals surface area contributed by atoms with Gasteiger partial charge in [0.15, 0.2) is 0 Å². The molecule has 0 aliphatic carbocycles. The lowest BCUT2D eigenvalue weighted by Crippen LogP contribution is -2.42. The molecule has 1 fully saturated rings. The Morgan fingerprint density at radius 2 is 2.00 bits per heavy atom. The Bertz CT molecular complexity index is 633. The van der Waals surface area contributed by atoms with Crippen molar-refractivity contribution >= 4 is 5.91 Å². The molecule has 2 aromatic rings. The number of carbonyl (C=O) groups excluding carboxylic acids is 1. The van der Waals surface area contributed by atoms with E-state index in [2.05, 4.69) is 10.1 Å². The molecule has 0 bridgehead atoms. The molecule has 2 heterocycles. The predicted molar refractivity (Wildman–Crippen MR) is 84.1 cm³/mol. The highest BCUT2D eigenvalue weighted by Gasteiger charge is 2.27. The number of rotatable bonds is 4. The highest BCUT2D eigenvalue weighted by Crippen LogP contribution is 2.23. The summed E-state index contributed by atoms with van der Waals surface area (Å²) in [7, 11) is 0. The average molecular weight is 316 g/mol. The van der Waals surface area contributed by atoms with Crippen LogP contribution in [0.25, 0.3) is 0 Å². The summed E-state index contributed by atoms with van der Waals surface area (Å²) in [6.07, 6.45) is 5.92. The quantitative estimate of drug-likeness (QED) is 0.870. The van der Waals surface area contributed by atoms with Crippen LogP contribution < -0.4 is 0 Å². The third-order valence-corrected chi connectivity index (χ3v) is 4.55. The summed E-state index contributed by atoms with van der Waals surface area (Å²) < 4.78 is 14.5. The van der Waals surface area contributed by atoms with Gasteiger partial charge < -0.3 is 4.90 Å². The fraction of sp³-hybridized carbons (Fsp3) is 0.471. The molecule has 0 radical (unpaired) electrons. The van der Waals surface area contributed by atoms with Gasteiger partial charge in [-0.2, -0.15) is 5.10 Å². The number of carbonyl (C=O) groups is 1. The lowest BCUT2D eigenvalue weighted by molar-refractivity contribution is -0.136. The predicted octanol–water partition coefficient (Wildman–Crippen LogP) is 2.46. The van der Waals surface area contributed by atoms with Crippen molar-refractivity contribution in [2.24, 2.45) is 5.92 Å². The van der Waals surface area contributed by atoms with Gasteiger partial charge in [-0.05, 0) is 49.8 Å². The zero-order valence-electron chi connectivity index (χ0n) is 13.2. The Morgan fingerprint density at radius 1 is 1.30 bits per heavy atom. The van der Waals surface area contributed by atoms with E-state index in [9.17, 15) is 9.18 Å². The van der Waals surface area contributed by atoms with E-state index in [1.165, 1.54) is 18.5 Å². The number of hydrogen-bond acceptors (Lipinski definition) is 3. The van der Waals surface area contributed by atoms with Gasteiger partial charge in [0.2, 0.25) is 5.91 Å². The topological polar surface area (TPSA) is 51.0 Å². The van der Waals surface area contributed by atoms with Crippen LogP contribution in [0.3, 0.4) is 0 Å². The molecule has 1 aliphatic heterocycles. The number of halogens is 1. The molecule has 1 unspecified atom stereocenters. The molecule has 23 heavy (non-hydrogen) atoms. The lowest BCUT2D eigenvalue weighted by atomic mass is 9.90. The summed E-state index contributed by atoms with van der Waals surface area (Å²) in [4.78, 5) is 18.3. The number of hydrogen-bond donors (Lipinski definition) is 0. The van der Waals surface area contributed by atoms with Crippen molar-refractivity contribution in [3.05, 3.63) is 48.3 Å². The standard InChI is InChI=1S/C17H21FN4O/c1-13(22-12-19-11-20-22)17(23)21-8-6-15(7-9-21)10-14-2-4-16(18)5-3-14/h2-5,11-13,15H,6-10H2,1H3. The van der Waals surface area contributed by atoms with Gasteiger partial charge in [0, 0.05) is 13.1 Å². The van der Waals surface area contributed by atoms with Crippen molar-refractivity contribution in [3.8, 4) is 0 Å². The van der Waals surface area contributed by atoms with E-state index in [-0.39, 0.29) is 17.8 Å². The van der Waals surface area contributed by atoms with E-state index >= 15 is 0 Å². The highest BCUT2D eigenvalue weighted by atomic mass is 19.1. The second-order valence-corrected chi connectivity index (χ2v) is 6.15. The first-order valence-electron chi connectivity index (χ1n) is 8.01. The van der Waals surface area contributed by atoms with Crippen molar-refractivity contribution in [1.29, 1.82) is 0 Å². The number of likely N-dealkylation sites (tertiary alicyclic amines) is 1. The van der Waals surface area contributed by atoms with Gasteiger partial charge in [-0.3, -0.25) is 4.79 Å². The first-order valence-corrected chi connectivity index (χ1v) is 8.01. The van der Waals surface area contributed by atoms with Crippen LogP contribution in [0.5, 0.6) is 0 Å². The smallest absolute Gasteiger partial charge is 0.247 e. The van der Waals surface area contributed by atoms with Crippen LogP contribution in [0, 0.1) is 11.7 Å². The van der Waals surface area contributed by atoms with Gasteiger partial charge in [-0.25, -0.2) is 14.1 Å². The molecule has 0 spiro atoms. The van der Waals surface area contributed by atoms with Crippen molar-refractivity contribution in [2.75, 3.05) is 13.1 Å². The molecule has 0 saturated carbocycles. The fourth-order valence-corrected chi connectivity index (χ4v) is 3.11. The molecule has 1 atom stereocenters. The van der Waals surface area contributed by atoms with Crippen LogP contribution in [0.2, 0.25) is 0 Å². The zero-order chi connectivity index (χ0) is 16.2. The lowest BCUT2D eigenvalue weighted by Gasteiger charge is -2.33. The molecule has 1 aromatic carbocycles. The van der Waals surface area contributed by atoms with Crippen molar-refractivity contribution in [2.45, 2.75) is 32.2 Å². The summed E-state index contributed by atoms with van der Waals surface area (Å²) in [6.45, 7) is 3.38. The monoisotopic (exact) mass is 316 g/mol. The first kappa shape index (κ1) is 15.6. The normalized spacial score (nSPS) is 17.2. The molecular formula is C17H21FN4O. The van der Waals surface area contributed by atoms with Gasteiger partial charge >= 0.3 is 0 Å². The van der Waals surface area contributed by atoms with E-state index in [4.69, 9.17) is 0 Å². The number of aromatic nitrogens is 3. The number of nitrogens with zero attached hydrogens (tertiary/aromatic N) is 4.